The molecular formula is C15H13ClF3NO2S. The van der Waals surface area contributed by atoms with Crippen molar-refractivity contribution in [2.24, 2.45) is 0 Å². The third kappa shape index (κ3) is 4.25. The fourth-order valence-electron chi connectivity index (χ4n) is 2.01. The normalized spacial score (nSPS) is 13.8. The molecule has 0 bridgehead atoms. The molecular weight excluding hydrogens is 351 g/mol. The highest BCUT2D eigenvalue weighted by molar-refractivity contribution is 7.89. The van der Waals surface area contributed by atoms with E-state index in [-0.39, 0.29) is 15.5 Å². The molecule has 0 aliphatic carbocycles. The van der Waals surface area contributed by atoms with E-state index in [2.05, 4.69) is 4.72 Å². The Morgan fingerprint density at radius 2 is 1.74 bits per heavy atom. The Morgan fingerprint density at radius 3 is 2.35 bits per heavy atom. The van der Waals surface area contributed by atoms with Gasteiger partial charge in [-0.15, -0.1) is 0 Å². The van der Waals surface area contributed by atoms with E-state index in [9.17, 15) is 21.6 Å². The van der Waals surface area contributed by atoms with Gasteiger partial charge in [0.15, 0.2) is 0 Å². The molecule has 23 heavy (non-hydrogen) atoms. The topological polar surface area (TPSA) is 46.2 Å². The minimum absolute atomic E-state index is 0.0382. The lowest BCUT2D eigenvalue weighted by Crippen LogP contribution is -2.27. The Labute approximate surface area is 137 Å². The number of alkyl halides is 3. The van der Waals surface area contributed by atoms with Gasteiger partial charge in [-0.1, -0.05) is 35.9 Å². The van der Waals surface area contributed by atoms with Crippen molar-refractivity contribution in [2.75, 3.05) is 0 Å². The molecule has 0 spiro atoms. The Morgan fingerprint density at radius 1 is 1.09 bits per heavy atom. The summed E-state index contributed by atoms with van der Waals surface area (Å²) in [5.41, 5.74) is -0.630. The predicted octanol–water partition coefficient (Wildman–Crippen LogP) is 4.40. The van der Waals surface area contributed by atoms with E-state index in [1.165, 1.54) is 37.3 Å². The van der Waals surface area contributed by atoms with Crippen LogP contribution in [0.25, 0.3) is 0 Å². The zero-order valence-electron chi connectivity index (χ0n) is 11.9. The summed E-state index contributed by atoms with van der Waals surface area (Å²) in [6.45, 7) is 1.46. The van der Waals surface area contributed by atoms with Crippen molar-refractivity contribution in [2.45, 2.75) is 24.0 Å². The van der Waals surface area contributed by atoms with Gasteiger partial charge in [0.05, 0.1) is 10.6 Å². The fourth-order valence-corrected chi connectivity index (χ4v) is 3.76. The highest BCUT2D eigenvalue weighted by Crippen LogP contribution is 2.31. The van der Waals surface area contributed by atoms with Crippen LogP contribution in [0.5, 0.6) is 0 Å². The second kappa shape index (κ2) is 6.51. The average molecular weight is 364 g/mol. The van der Waals surface area contributed by atoms with Gasteiger partial charge < -0.3 is 0 Å². The summed E-state index contributed by atoms with van der Waals surface area (Å²) in [6.07, 6.45) is -4.49. The second-order valence-electron chi connectivity index (χ2n) is 4.90. The smallest absolute Gasteiger partial charge is 0.207 e. The molecule has 0 amide bonds. The van der Waals surface area contributed by atoms with Gasteiger partial charge in [-0.05, 0) is 36.8 Å². The monoisotopic (exact) mass is 363 g/mol. The Balaban J connectivity index is 2.29. The first-order valence-corrected chi connectivity index (χ1v) is 8.41. The van der Waals surface area contributed by atoms with Gasteiger partial charge in [0, 0.05) is 6.04 Å². The van der Waals surface area contributed by atoms with Crippen molar-refractivity contribution in [1.82, 2.24) is 4.72 Å². The fraction of sp³-hybridized carbons (Fsp3) is 0.200. The number of rotatable bonds is 4. The first kappa shape index (κ1) is 17.8. The molecule has 8 heteroatoms. The Hall–Kier alpha value is -1.57. The van der Waals surface area contributed by atoms with Crippen LogP contribution < -0.4 is 4.72 Å². The second-order valence-corrected chi connectivity index (χ2v) is 6.99. The van der Waals surface area contributed by atoms with Crippen LogP contribution in [0.2, 0.25) is 5.02 Å². The third-order valence-electron chi connectivity index (χ3n) is 3.17. The summed E-state index contributed by atoms with van der Waals surface area (Å²) in [5, 5.41) is 0.0382. The van der Waals surface area contributed by atoms with E-state index in [4.69, 9.17) is 11.6 Å². The molecule has 0 saturated carbocycles. The van der Waals surface area contributed by atoms with Crippen molar-refractivity contribution in [3.63, 3.8) is 0 Å². The van der Waals surface area contributed by atoms with E-state index < -0.39 is 27.8 Å². The predicted molar refractivity (Wildman–Crippen MR) is 81.6 cm³/mol. The SMILES string of the molecule is C[C@H](NS(=O)(=O)c1ccccc1Cl)c1cccc(C(F)(F)F)c1. The molecule has 2 aromatic carbocycles. The molecule has 0 radical (unpaired) electrons. The quantitative estimate of drug-likeness (QED) is 0.875. The molecule has 0 unspecified atom stereocenters. The molecule has 1 N–H and O–H groups in total. The number of sulfonamides is 1. The van der Waals surface area contributed by atoms with Crippen LogP contribution in [0.3, 0.4) is 0 Å². The zero-order valence-corrected chi connectivity index (χ0v) is 13.5. The largest absolute Gasteiger partial charge is 0.416 e. The molecule has 0 aromatic heterocycles. The summed E-state index contributed by atoms with van der Waals surface area (Å²) in [4.78, 5) is -0.125. The van der Waals surface area contributed by atoms with Gasteiger partial charge in [0.25, 0.3) is 0 Å². The summed E-state index contributed by atoms with van der Waals surface area (Å²) < 4.78 is 65.1. The highest BCUT2D eigenvalue weighted by Gasteiger charge is 2.31. The Kier molecular flexibility index (Phi) is 5.03. The van der Waals surface area contributed by atoms with Crippen molar-refractivity contribution in [1.29, 1.82) is 0 Å². The minimum atomic E-state index is -4.49. The van der Waals surface area contributed by atoms with E-state index in [1.807, 2.05) is 0 Å². The van der Waals surface area contributed by atoms with Crippen LogP contribution in [0.15, 0.2) is 53.4 Å². The molecule has 0 fully saturated rings. The summed E-state index contributed by atoms with van der Waals surface area (Å²) >= 11 is 5.86. The molecule has 3 nitrogen and oxygen atoms in total. The van der Waals surface area contributed by atoms with Gasteiger partial charge in [-0.3, -0.25) is 0 Å². The lowest BCUT2D eigenvalue weighted by atomic mass is 10.1. The first-order chi connectivity index (χ1) is 10.6. The van der Waals surface area contributed by atoms with Crippen LogP contribution in [0.4, 0.5) is 13.2 Å². The van der Waals surface area contributed by atoms with Crippen molar-refractivity contribution < 1.29 is 21.6 Å². The van der Waals surface area contributed by atoms with Crippen molar-refractivity contribution in [3.8, 4) is 0 Å². The standard InChI is InChI=1S/C15H13ClF3NO2S/c1-10(11-5-4-6-12(9-11)15(17,18)19)20-23(21,22)14-8-3-2-7-13(14)16/h2-10,20H,1H3/t10-/m0/s1. The van der Waals surface area contributed by atoms with E-state index >= 15 is 0 Å². The molecule has 1 atom stereocenters. The summed E-state index contributed by atoms with van der Waals surface area (Å²) in [5.74, 6) is 0. The van der Waals surface area contributed by atoms with Crippen molar-refractivity contribution >= 4 is 21.6 Å². The lowest BCUT2D eigenvalue weighted by Gasteiger charge is -2.17. The van der Waals surface area contributed by atoms with Gasteiger partial charge in [0.1, 0.15) is 4.90 Å². The van der Waals surface area contributed by atoms with E-state index in [1.54, 1.807) is 6.07 Å². The maximum absolute atomic E-state index is 12.7. The van der Waals surface area contributed by atoms with E-state index in [0.717, 1.165) is 12.1 Å². The molecule has 0 aliphatic rings. The number of benzene rings is 2. The zero-order chi connectivity index (χ0) is 17.3. The van der Waals surface area contributed by atoms with Gasteiger partial charge >= 0.3 is 6.18 Å². The van der Waals surface area contributed by atoms with Crippen LogP contribution in [-0.4, -0.2) is 8.42 Å². The third-order valence-corrected chi connectivity index (χ3v) is 5.21. The first-order valence-electron chi connectivity index (χ1n) is 6.55. The summed E-state index contributed by atoms with van der Waals surface area (Å²) in [6, 6.07) is 9.49. The van der Waals surface area contributed by atoms with Crippen LogP contribution >= 0.6 is 11.6 Å². The Bertz CT molecular complexity index is 806. The molecule has 124 valence electrons. The maximum atomic E-state index is 12.7. The molecule has 0 aliphatic heterocycles. The number of nitrogens with one attached hydrogen (secondary N) is 1. The number of hydrogen-bond acceptors (Lipinski definition) is 2. The number of halogens is 4. The average Bonchev–Trinajstić information content (AvgIpc) is 2.46. The highest BCUT2D eigenvalue weighted by atomic mass is 35.5. The summed E-state index contributed by atoms with van der Waals surface area (Å²) in [7, 11) is -3.95. The van der Waals surface area contributed by atoms with Gasteiger partial charge in [-0.25, -0.2) is 13.1 Å². The van der Waals surface area contributed by atoms with E-state index in [0.29, 0.717) is 0 Å². The van der Waals surface area contributed by atoms with Crippen LogP contribution in [0.1, 0.15) is 24.1 Å². The van der Waals surface area contributed by atoms with Gasteiger partial charge in [-0.2, -0.15) is 13.2 Å². The van der Waals surface area contributed by atoms with Crippen LogP contribution in [-0.2, 0) is 16.2 Å². The minimum Gasteiger partial charge on any atom is -0.207 e. The molecule has 0 saturated heterocycles. The van der Waals surface area contributed by atoms with Crippen LogP contribution in [0, 0.1) is 0 Å². The van der Waals surface area contributed by atoms with Gasteiger partial charge in [0.2, 0.25) is 10.0 Å². The maximum Gasteiger partial charge on any atom is 0.416 e. The number of hydrogen-bond donors (Lipinski definition) is 1. The molecule has 0 heterocycles. The molecule has 2 aromatic rings. The molecule has 2 rings (SSSR count). The lowest BCUT2D eigenvalue weighted by molar-refractivity contribution is -0.137. The van der Waals surface area contributed by atoms with Crippen molar-refractivity contribution in [3.05, 3.63) is 64.7 Å².